The number of fused-ring (bicyclic) bond motifs is 1. The van der Waals surface area contributed by atoms with Crippen molar-refractivity contribution in [1.29, 1.82) is 0 Å². The minimum absolute atomic E-state index is 0.0381. The molecule has 0 saturated heterocycles. The quantitative estimate of drug-likeness (QED) is 0.716. The Kier molecular flexibility index (Phi) is 2.67. The van der Waals surface area contributed by atoms with Gasteiger partial charge in [0, 0.05) is 5.39 Å². The fraction of sp³-hybridized carbons (Fsp3) is 0.100. The molecule has 0 amide bonds. The van der Waals surface area contributed by atoms with E-state index in [4.69, 9.17) is 27.9 Å². The van der Waals surface area contributed by atoms with Crippen LogP contribution in [0.4, 0.5) is 4.39 Å². The molecule has 0 aliphatic heterocycles. The first-order valence-corrected chi connectivity index (χ1v) is 4.87. The topological polar surface area (TPSA) is 22.1 Å². The maximum Gasteiger partial charge on any atom is 0.179 e. The Morgan fingerprint density at radius 1 is 1.33 bits per heavy atom. The number of ether oxygens (including phenoxy) is 1. The third kappa shape index (κ3) is 1.73. The summed E-state index contributed by atoms with van der Waals surface area (Å²) in [7, 11) is 1.52. The Hall–Kier alpha value is -1.06. The van der Waals surface area contributed by atoms with E-state index in [1.54, 1.807) is 18.2 Å². The molecule has 78 valence electrons. The summed E-state index contributed by atoms with van der Waals surface area (Å²) in [4.78, 5) is 3.86. The third-order valence-electron chi connectivity index (χ3n) is 2.03. The van der Waals surface area contributed by atoms with Gasteiger partial charge in [0.1, 0.15) is 5.75 Å². The lowest BCUT2D eigenvalue weighted by Crippen LogP contribution is -1.89. The second-order valence-electron chi connectivity index (χ2n) is 2.91. The second kappa shape index (κ2) is 3.83. The Bertz CT molecular complexity index is 530. The molecule has 0 N–H and O–H groups in total. The van der Waals surface area contributed by atoms with Crippen molar-refractivity contribution < 1.29 is 9.13 Å². The van der Waals surface area contributed by atoms with E-state index in [1.165, 1.54) is 7.11 Å². The van der Waals surface area contributed by atoms with Crippen molar-refractivity contribution in [3.63, 3.8) is 0 Å². The molecule has 0 spiro atoms. The van der Waals surface area contributed by atoms with Gasteiger partial charge in [0.2, 0.25) is 0 Å². The van der Waals surface area contributed by atoms with E-state index in [2.05, 4.69) is 4.98 Å². The van der Waals surface area contributed by atoms with Gasteiger partial charge in [-0.1, -0.05) is 23.2 Å². The van der Waals surface area contributed by atoms with E-state index in [-0.39, 0.29) is 10.2 Å². The number of hydrogen-bond donors (Lipinski definition) is 0. The van der Waals surface area contributed by atoms with Gasteiger partial charge in [-0.05, 0) is 18.2 Å². The average Bonchev–Trinajstić information content (AvgIpc) is 2.26. The molecule has 0 aliphatic carbocycles. The predicted octanol–water partition coefficient (Wildman–Crippen LogP) is 3.69. The van der Waals surface area contributed by atoms with Crippen LogP contribution in [0.5, 0.6) is 5.75 Å². The second-order valence-corrected chi connectivity index (χ2v) is 3.65. The highest BCUT2D eigenvalue weighted by Gasteiger charge is 2.12. The van der Waals surface area contributed by atoms with Crippen LogP contribution < -0.4 is 4.74 Å². The Balaban J connectivity index is 2.81. The van der Waals surface area contributed by atoms with Crippen molar-refractivity contribution in [3.8, 4) is 5.75 Å². The lowest BCUT2D eigenvalue weighted by Gasteiger charge is -2.05. The minimum Gasteiger partial charge on any atom is -0.497 e. The first-order chi connectivity index (χ1) is 7.13. The smallest absolute Gasteiger partial charge is 0.179 e. The Labute approximate surface area is 95.6 Å². The van der Waals surface area contributed by atoms with Gasteiger partial charge in [-0.3, -0.25) is 0 Å². The van der Waals surface area contributed by atoms with Crippen LogP contribution in [0.1, 0.15) is 0 Å². The van der Waals surface area contributed by atoms with Crippen molar-refractivity contribution in [2.24, 2.45) is 0 Å². The molecule has 1 aromatic heterocycles. The molecule has 0 aliphatic rings. The number of hydrogen-bond acceptors (Lipinski definition) is 2. The third-order valence-corrected chi connectivity index (χ3v) is 2.65. The van der Waals surface area contributed by atoms with Gasteiger partial charge >= 0.3 is 0 Å². The maximum atomic E-state index is 13.3. The van der Waals surface area contributed by atoms with Crippen LogP contribution in [0.25, 0.3) is 10.9 Å². The van der Waals surface area contributed by atoms with Crippen LogP contribution in [0.3, 0.4) is 0 Å². The van der Waals surface area contributed by atoms with Crippen molar-refractivity contribution in [1.82, 2.24) is 4.98 Å². The zero-order valence-corrected chi connectivity index (χ0v) is 9.23. The fourth-order valence-electron chi connectivity index (χ4n) is 1.28. The molecule has 2 nitrogen and oxygen atoms in total. The van der Waals surface area contributed by atoms with Gasteiger partial charge in [0.25, 0.3) is 0 Å². The van der Waals surface area contributed by atoms with Crippen molar-refractivity contribution in [2.75, 3.05) is 7.11 Å². The number of rotatable bonds is 1. The normalized spacial score (nSPS) is 10.7. The number of pyridine rings is 1. The SMILES string of the molecule is COc1ccc2nc(Cl)c(F)c(Cl)c2c1. The number of methoxy groups -OCH3 is 1. The summed E-state index contributed by atoms with van der Waals surface area (Å²) < 4.78 is 18.3. The molecule has 1 heterocycles. The summed E-state index contributed by atoms with van der Waals surface area (Å²) in [6.07, 6.45) is 0. The Morgan fingerprint density at radius 2 is 2.07 bits per heavy atom. The highest BCUT2D eigenvalue weighted by Crippen LogP contribution is 2.31. The predicted molar refractivity (Wildman–Crippen MR) is 58.3 cm³/mol. The number of benzene rings is 1. The zero-order valence-electron chi connectivity index (χ0n) is 7.72. The monoisotopic (exact) mass is 245 g/mol. The van der Waals surface area contributed by atoms with Crippen LogP contribution in [-0.4, -0.2) is 12.1 Å². The molecule has 0 atom stereocenters. The van der Waals surface area contributed by atoms with Crippen LogP contribution in [0.15, 0.2) is 18.2 Å². The van der Waals surface area contributed by atoms with Crippen molar-refractivity contribution in [3.05, 3.63) is 34.2 Å². The molecule has 2 aromatic rings. The highest BCUT2D eigenvalue weighted by atomic mass is 35.5. The lowest BCUT2D eigenvalue weighted by atomic mass is 10.2. The van der Waals surface area contributed by atoms with Gasteiger partial charge in [0.15, 0.2) is 11.0 Å². The molecule has 0 fully saturated rings. The highest BCUT2D eigenvalue weighted by molar-refractivity contribution is 6.38. The summed E-state index contributed by atoms with van der Waals surface area (Å²) in [5, 5.41) is 0.222. The molecule has 0 saturated carbocycles. The summed E-state index contributed by atoms with van der Waals surface area (Å²) in [6, 6.07) is 5.00. The van der Waals surface area contributed by atoms with Gasteiger partial charge < -0.3 is 4.74 Å². The summed E-state index contributed by atoms with van der Waals surface area (Å²) in [6.45, 7) is 0. The first kappa shape index (κ1) is 10.5. The fourth-order valence-corrected chi connectivity index (χ4v) is 1.75. The van der Waals surface area contributed by atoms with Crippen LogP contribution in [0.2, 0.25) is 10.2 Å². The molecule has 0 bridgehead atoms. The molecule has 15 heavy (non-hydrogen) atoms. The van der Waals surface area contributed by atoms with Crippen molar-refractivity contribution >= 4 is 34.1 Å². The molecule has 2 rings (SSSR count). The molecule has 0 unspecified atom stereocenters. The number of aromatic nitrogens is 1. The van der Waals surface area contributed by atoms with Crippen LogP contribution >= 0.6 is 23.2 Å². The molecular weight excluding hydrogens is 240 g/mol. The maximum absolute atomic E-state index is 13.3. The zero-order chi connectivity index (χ0) is 11.0. The van der Waals surface area contributed by atoms with E-state index >= 15 is 0 Å². The minimum atomic E-state index is -0.709. The van der Waals surface area contributed by atoms with Gasteiger partial charge in [-0.25, -0.2) is 9.37 Å². The van der Waals surface area contributed by atoms with Crippen LogP contribution in [-0.2, 0) is 0 Å². The van der Waals surface area contributed by atoms with E-state index < -0.39 is 5.82 Å². The summed E-state index contributed by atoms with van der Waals surface area (Å²) in [5.74, 6) is -0.119. The van der Waals surface area contributed by atoms with Gasteiger partial charge in [-0.2, -0.15) is 0 Å². The van der Waals surface area contributed by atoms with E-state index in [0.29, 0.717) is 16.7 Å². The van der Waals surface area contributed by atoms with Crippen LogP contribution in [0, 0.1) is 5.82 Å². The molecule has 0 radical (unpaired) electrons. The largest absolute Gasteiger partial charge is 0.497 e. The van der Waals surface area contributed by atoms with Gasteiger partial charge in [-0.15, -0.1) is 0 Å². The average molecular weight is 246 g/mol. The summed E-state index contributed by atoms with van der Waals surface area (Å²) >= 11 is 11.4. The van der Waals surface area contributed by atoms with E-state index in [9.17, 15) is 4.39 Å². The molecular formula is C10H6Cl2FNO. The lowest BCUT2D eigenvalue weighted by molar-refractivity contribution is 0.415. The van der Waals surface area contributed by atoms with E-state index in [0.717, 1.165) is 0 Å². The van der Waals surface area contributed by atoms with Crippen molar-refractivity contribution in [2.45, 2.75) is 0 Å². The standard InChI is InChI=1S/C10H6Cl2FNO/c1-15-5-2-3-7-6(4-5)8(11)9(13)10(12)14-7/h2-4H,1H3. The summed E-state index contributed by atoms with van der Waals surface area (Å²) in [5.41, 5.74) is 0.534. The van der Waals surface area contributed by atoms with E-state index in [1.807, 2.05) is 0 Å². The number of halogens is 3. The first-order valence-electron chi connectivity index (χ1n) is 4.11. The number of nitrogens with zero attached hydrogens (tertiary/aromatic N) is 1. The molecule has 1 aromatic carbocycles. The van der Waals surface area contributed by atoms with Gasteiger partial charge in [0.05, 0.1) is 17.6 Å². The Morgan fingerprint density at radius 3 is 2.73 bits per heavy atom. The molecule has 5 heteroatoms.